The Hall–Kier alpha value is -1.02. The third kappa shape index (κ3) is 2.03. The first-order valence-electron chi connectivity index (χ1n) is 7.11. The topological polar surface area (TPSA) is 15.3 Å². The van der Waals surface area contributed by atoms with Gasteiger partial charge in [0.05, 0.1) is 0 Å². The molecular formula is C16H24N2. The molecule has 2 fully saturated rings. The lowest BCUT2D eigenvalue weighted by Crippen LogP contribution is -2.47. The van der Waals surface area contributed by atoms with Gasteiger partial charge < -0.3 is 10.2 Å². The Morgan fingerprint density at radius 2 is 1.94 bits per heavy atom. The van der Waals surface area contributed by atoms with Crippen LogP contribution in [0.5, 0.6) is 0 Å². The summed E-state index contributed by atoms with van der Waals surface area (Å²) in [6, 6.07) is 9.63. The molecule has 2 unspecified atom stereocenters. The summed E-state index contributed by atoms with van der Waals surface area (Å²) in [6.45, 7) is 10.5. The minimum absolute atomic E-state index is 0.476. The summed E-state index contributed by atoms with van der Waals surface area (Å²) >= 11 is 0. The Labute approximate surface area is 110 Å². The van der Waals surface area contributed by atoms with Crippen LogP contribution >= 0.6 is 0 Å². The summed E-state index contributed by atoms with van der Waals surface area (Å²) in [5, 5.41) is 3.72. The maximum atomic E-state index is 3.72. The van der Waals surface area contributed by atoms with Gasteiger partial charge in [-0.25, -0.2) is 0 Å². The van der Waals surface area contributed by atoms with Crippen molar-refractivity contribution < 1.29 is 0 Å². The van der Waals surface area contributed by atoms with Gasteiger partial charge in [0.2, 0.25) is 0 Å². The van der Waals surface area contributed by atoms with Crippen LogP contribution in [0.4, 0.5) is 5.69 Å². The molecule has 0 radical (unpaired) electrons. The molecule has 0 spiro atoms. The normalized spacial score (nSPS) is 30.3. The van der Waals surface area contributed by atoms with Gasteiger partial charge in [0.15, 0.2) is 0 Å². The van der Waals surface area contributed by atoms with Crippen LogP contribution in [-0.2, 0) is 0 Å². The molecule has 2 aliphatic rings. The molecule has 0 bridgehead atoms. The van der Waals surface area contributed by atoms with Crippen LogP contribution in [-0.4, -0.2) is 25.7 Å². The van der Waals surface area contributed by atoms with E-state index in [1.54, 1.807) is 0 Å². The monoisotopic (exact) mass is 244 g/mol. The highest BCUT2D eigenvalue weighted by molar-refractivity contribution is 5.48. The first-order chi connectivity index (χ1) is 8.56. The van der Waals surface area contributed by atoms with Crippen LogP contribution < -0.4 is 10.2 Å². The summed E-state index contributed by atoms with van der Waals surface area (Å²) in [4.78, 5) is 2.54. The molecule has 18 heavy (non-hydrogen) atoms. The van der Waals surface area contributed by atoms with Crippen LogP contribution in [0.3, 0.4) is 0 Å². The lowest BCUT2D eigenvalue weighted by atomic mass is 9.75. The molecule has 2 saturated heterocycles. The van der Waals surface area contributed by atoms with Gasteiger partial charge in [0, 0.05) is 31.4 Å². The van der Waals surface area contributed by atoms with Gasteiger partial charge in [-0.3, -0.25) is 0 Å². The second-order valence-electron chi connectivity index (χ2n) is 6.65. The maximum absolute atomic E-state index is 3.72. The van der Waals surface area contributed by atoms with Gasteiger partial charge in [-0.05, 0) is 36.8 Å². The van der Waals surface area contributed by atoms with Gasteiger partial charge in [-0.2, -0.15) is 0 Å². The zero-order valence-electron chi connectivity index (χ0n) is 11.7. The molecule has 2 nitrogen and oxygen atoms in total. The van der Waals surface area contributed by atoms with Crippen molar-refractivity contribution in [3.63, 3.8) is 0 Å². The van der Waals surface area contributed by atoms with Crippen molar-refractivity contribution in [2.45, 2.75) is 33.2 Å². The van der Waals surface area contributed by atoms with Gasteiger partial charge in [-0.1, -0.05) is 31.5 Å². The molecule has 0 saturated carbocycles. The molecule has 2 aliphatic heterocycles. The van der Waals surface area contributed by atoms with Gasteiger partial charge in [-0.15, -0.1) is 0 Å². The van der Waals surface area contributed by atoms with Crippen LogP contribution in [0.25, 0.3) is 0 Å². The number of aryl methyl sites for hydroxylation is 1. The molecular weight excluding hydrogens is 220 g/mol. The van der Waals surface area contributed by atoms with E-state index in [1.165, 1.54) is 30.8 Å². The number of nitrogens with one attached hydrogen (secondary N) is 1. The number of rotatable bonds is 1. The fraction of sp³-hybridized carbons (Fsp3) is 0.625. The molecule has 2 atom stereocenters. The van der Waals surface area contributed by atoms with E-state index >= 15 is 0 Å². The van der Waals surface area contributed by atoms with Crippen molar-refractivity contribution in [2.75, 3.05) is 24.5 Å². The third-order valence-corrected chi connectivity index (χ3v) is 4.84. The summed E-state index contributed by atoms with van der Waals surface area (Å²) in [5.41, 5.74) is 3.20. The van der Waals surface area contributed by atoms with Gasteiger partial charge in [0.1, 0.15) is 0 Å². The van der Waals surface area contributed by atoms with E-state index in [9.17, 15) is 0 Å². The number of anilines is 1. The molecule has 0 aliphatic carbocycles. The number of benzene rings is 1. The summed E-state index contributed by atoms with van der Waals surface area (Å²) in [6.07, 6.45) is 1.32. The molecule has 1 N–H and O–H groups in total. The fourth-order valence-electron chi connectivity index (χ4n) is 3.61. The first-order valence-corrected chi connectivity index (χ1v) is 7.11. The molecule has 1 aromatic carbocycles. The Balaban J connectivity index is 1.74. The summed E-state index contributed by atoms with van der Waals surface area (Å²) in [5.74, 6) is 0.846. The fourth-order valence-corrected chi connectivity index (χ4v) is 3.61. The van der Waals surface area contributed by atoms with Gasteiger partial charge in [0.25, 0.3) is 0 Å². The highest BCUT2D eigenvalue weighted by Gasteiger charge is 2.44. The van der Waals surface area contributed by atoms with Crippen molar-refractivity contribution in [1.29, 1.82) is 0 Å². The Morgan fingerprint density at radius 1 is 1.22 bits per heavy atom. The quantitative estimate of drug-likeness (QED) is 0.817. The molecule has 3 rings (SSSR count). The largest absolute Gasteiger partial charge is 0.370 e. The van der Waals surface area contributed by atoms with Crippen LogP contribution in [0.15, 0.2) is 24.3 Å². The smallest absolute Gasteiger partial charge is 0.0366 e. The predicted octanol–water partition coefficient (Wildman–Crippen LogP) is 2.82. The lowest BCUT2D eigenvalue weighted by molar-refractivity contribution is 0.227. The van der Waals surface area contributed by atoms with E-state index in [-0.39, 0.29) is 0 Å². The molecule has 1 aromatic rings. The average Bonchev–Trinajstić information content (AvgIpc) is 2.66. The van der Waals surface area contributed by atoms with Crippen molar-refractivity contribution >= 4 is 5.69 Å². The number of fused-ring (bicyclic) bond motifs is 1. The van der Waals surface area contributed by atoms with E-state index in [1.807, 2.05) is 0 Å². The summed E-state index contributed by atoms with van der Waals surface area (Å²) < 4.78 is 0. The highest BCUT2D eigenvalue weighted by atomic mass is 15.2. The Morgan fingerprint density at radius 3 is 2.67 bits per heavy atom. The molecule has 2 heteroatoms. The summed E-state index contributed by atoms with van der Waals surface area (Å²) in [7, 11) is 0. The molecule has 2 heterocycles. The minimum Gasteiger partial charge on any atom is -0.370 e. The standard InChI is InChI=1S/C16H24N2/c1-12-4-6-13(7-5-12)18-9-8-14-15(10-18)17-11-16(14,2)3/h4-7,14-15,17H,8-11H2,1-3H3. The first kappa shape index (κ1) is 12.0. The Bertz CT molecular complexity index is 421. The number of nitrogens with zero attached hydrogens (tertiary/aromatic N) is 1. The number of hydrogen-bond acceptors (Lipinski definition) is 2. The number of hydrogen-bond donors (Lipinski definition) is 1. The third-order valence-electron chi connectivity index (χ3n) is 4.84. The van der Waals surface area contributed by atoms with E-state index in [0.29, 0.717) is 11.5 Å². The maximum Gasteiger partial charge on any atom is 0.0366 e. The zero-order valence-corrected chi connectivity index (χ0v) is 11.7. The highest BCUT2D eigenvalue weighted by Crippen LogP contribution is 2.40. The van der Waals surface area contributed by atoms with Crippen LogP contribution in [0.1, 0.15) is 25.8 Å². The average molecular weight is 244 g/mol. The van der Waals surface area contributed by atoms with E-state index in [0.717, 1.165) is 12.5 Å². The SMILES string of the molecule is Cc1ccc(N2CCC3C(C2)NCC3(C)C)cc1. The Kier molecular flexibility index (Phi) is 2.86. The van der Waals surface area contributed by atoms with Crippen LogP contribution in [0, 0.1) is 18.3 Å². The second-order valence-corrected chi connectivity index (χ2v) is 6.65. The van der Waals surface area contributed by atoms with E-state index in [4.69, 9.17) is 0 Å². The molecule has 98 valence electrons. The second kappa shape index (κ2) is 4.27. The van der Waals surface area contributed by atoms with Crippen molar-refractivity contribution in [1.82, 2.24) is 5.32 Å². The van der Waals surface area contributed by atoms with E-state index in [2.05, 4.69) is 55.3 Å². The number of piperidine rings is 1. The zero-order chi connectivity index (χ0) is 12.8. The molecule has 0 amide bonds. The van der Waals surface area contributed by atoms with Crippen molar-refractivity contribution in [3.8, 4) is 0 Å². The lowest BCUT2D eigenvalue weighted by Gasteiger charge is -2.40. The molecule has 0 aromatic heterocycles. The van der Waals surface area contributed by atoms with Crippen molar-refractivity contribution in [3.05, 3.63) is 29.8 Å². The minimum atomic E-state index is 0.476. The predicted molar refractivity (Wildman–Crippen MR) is 77.1 cm³/mol. The van der Waals surface area contributed by atoms with E-state index < -0.39 is 0 Å². The van der Waals surface area contributed by atoms with Crippen LogP contribution in [0.2, 0.25) is 0 Å². The van der Waals surface area contributed by atoms with Gasteiger partial charge >= 0.3 is 0 Å². The van der Waals surface area contributed by atoms with Crippen molar-refractivity contribution in [2.24, 2.45) is 11.3 Å².